The number of carbonyl (C=O) groups is 1. The molecular formula is C14H17F2NO2. The van der Waals surface area contributed by atoms with Gasteiger partial charge in [-0.25, -0.2) is 8.78 Å². The number of benzene rings is 1. The van der Waals surface area contributed by atoms with Crippen molar-refractivity contribution in [3.8, 4) is 0 Å². The molecule has 19 heavy (non-hydrogen) atoms. The maximum Gasteiger partial charge on any atom is 0.306 e. The van der Waals surface area contributed by atoms with Gasteiger partial charge in [0.25, 0.3) is 0 Å². The van der Waals surface area contributed by atoms with E-state index in [1.54, 1.807) is 0 Å². The molecule has 3 nitrogen and oxygen atoms in total. The van der Waals surface area contributed by atoms with Gasteiger partial charge in [0.1, 0.15) is 0 Å². The molecule has 0 saturated heterocycles. The zero-order valence-electron chi connectivity index (χ0n) is 10.5. The van der Waals surface area contributed by atoms with Crippen LogP contribution in [0.15, 0.2) is 18.2 Å². The van der Waals surface area contributed by atoms with E-state index < -0.39 is 17.6 Å². The van der Waals surface area contributed by atoms with Gasteiger partial charge in [-0.1, -0.05) is 12.5 Å². The molecule has 2 unspecified atom stereocenters. The summed E-state index contributed by atoms with van der Waals surface area (Å²) in [6.07, 6.45) is 2.57. The van der Waals surface area contributed by atoms with Gasteiger partial charge in [0.05, 0.1) is 5.92 Å². The zero-order valence-corrected chi connectivity index (χ0v) is 10.5. The van der Waals surface area contributed by atoms with Gasteiger partial charge in [0, 0.05) is 6.54 Å². The van der Waals surface area contributed by atoms with E-state index in [-0.39, 0.29) is 11.8 Å². The van der Waals surface area contributed by atoms with Gasteiger partial charge in [0.2, 0.25) is 0 Å². The van der Waals surface area contributed by atoms with Crippen LogP contribution in [0.4, 0.5) is 8.78 Å². The third kappa shape index (κ3) is 3.50. The molecule has 0 amide bonds. The molecule has 5 heteroatoms. The van der Waals surface area contributed by atoms with Crippen molar-refractivity contribution in [2.45, 2.75) is 25.8 Å². The lowest BCUT2D eigenvalue weighted by Gasteiger charge is -2.16. The summed E-state index contributed by atoms with van der Waals surface area (Å²) in [5, 5.41) is 12.2. The molecule has 2 atom stereocenters. The van der Waals surface area contributed by atoms with Crippen LogP contribution in [0.1, 0.15) is 24.8 Å². The number of rotatable bonds is 5. The Bertz CT molecular complexity index is 465. The normalized spacial score (nSPS) is 22.6. The predicted octanol–water partition coefficient (Wildman–Crippen LogP) is 2.56. The Labute approximate surface area is 110 Å². The van der Waals surface area contributed by atoms with Gasteiger partial charge in [0.15, 0.2) is 11.6 Å². The highest BCUT2D eigenvalue weighted by Crippen LogP contribution is 2.31. The van der Waals surface area contributed by atoms with E-state index in [1.165, 1.54) is 6.07 Å². The van der Waals surface area contributed by atoms with Crippen molar-refractivity contribution in [2.75, 3.05) is 6.54 Å². The number of halogens is 2. The number of aliphatic carboxylic acids is 1. The molecule has 2 rings (SSSR count). The summed E-state index contributed by atoms with van der Waals surface area (Å²) in [4.78, 5) is 11.0. The summed E-state index contributed by atoms with van der Waals surface area (Å²) in [5.41, 5.74) is 0.656. The minimum Gasteiger partial charge on any atom is -0.481 e. The summed E-state index contributed by atoms with van der Waals surface area (Å²) in [6.45, 7) is 1.01. The number of nitrogens with one attached hydrogen (secondary N) is 1. The summed E-state index contributed by atoms with van der Waals surface area (Å²) < 4.78 is 25.7. The standard InChI is InChI=1S/C14H17F2NO2/c15-12-5-4-9(6-13(12)16)7-17-8-10-2-1-3-11(10)14(18)19/h4-6,10-11,17H,1-3,7-8H2,(H,18,19). The van der Waals surface area contributed by atoms with Crippen LogP contribution >= 0.6 is 0 Å². The Balaban J connectivity index is 1.83. The van der Waals surface area contributed by atoms with Crippen LogP contribution in [-0.2, 0) is 11.3 Å². The first kappa shape index (κ1) is 13.9. The van der Waals surface area contributed by atoms with Crippen molar-refractivity contribution >= 4 is 5.97 Å². The molecule has 2 N–H and O–H groups in total. The van der Waals surface area contributed by atoms with Crippen LogP contribution in [0.5, 0.6) is 0 Å². The van der Waals surface area contributed by atoms with Crippen molar-refractivity contribution in [3.05, 3.63) is 35.4 Å². The topological polar surface area (TPSA) is 49.3 Å². The van der Waals surface area contributed by atoms with Crippen molar-refractivity contribution in [3.63, 3.8) is 0 Å². The van der Waals surface area contributed by atoms with E-state index in [4.69, 9.17) is 5.11 Å². The third-order valence-electron chi connectivity index (χ3n) is 3.70. The maximum atomic E-state index is 13.0. The Hall–Kier alpha value is -1.49. The van der Waals surface area contributed by atoms with Gasteiger partial charge in [-0.2, -0.15) is 0 Å². The fourth-order valence-corrected chi connectivity index (χ4v) is 2.66. The second-order valence-electron chi connectivity index (χ2n) is 5.02. The maximum absolute atomic E-state index is 13.0. The molecule has 1 aromatic carbocycles. The fourth-order valence-electron chi connectivity index (χ4n) is 2.66. The number of carboxylic acid groups (broad SMARTS) is 1. The van der Waals surface area contributed by atoms with Crippen molar-refractivity contribution in [2.24, 2.45) is 11.8 Å². The molecule has 0 radical (unpaired) electrons. The van der Waals surface area contributed by atoms with E-state index in [0.29, 0.717) is 18.7 Å². The van der Waals surface area contributed by atoms with Gasteiger partial charge in [-0.15, -0.1) is 0 Å². The lowest BCUT2D eigenvalue weighted by molar-refractivity contribution is -0.142. The van der Waals surface area contributed by atoms with E-state index in [9.17, 15) is 13.6 Å². The van der Waals surface area contributed by atoms with Gasteiger partial charge >= 0.3 is 5.97 Å². The summed E-state index contributed by atoms with van der Waals surface area (Å²) in [6, 6.07) is 3.78. The molecule has 1 fully saturated rings. The lowest BCUT2D eigenvalue weighted by Crippen LogP contribution is -2.28. The lowest BCUT2D eigenvalue weighted by atomic mass is 9.96. The van der Waals surface area contributed by atoms with E-state index in [1.807, 2.05) is 0 Å². The quantitative estimate of drug-likeness (QED) is 0.863. The molecule has 0 spiro atoms. The fraction of sp³-hybridized carbons (Fsp3) is 0.500. The molecule has 0 heterocycles. The van der Waals surface area contributed by atoms with Crippen LogP contribution in [0.3, 0.4) is 0 Å². The molecule has 104 valence electrons. The highest BCUT2D eigenvalue weighted by atomic mass is 19.2. The van der Waals surface area contributed by atoms with Gasteiger partial charge < -0.3 is 10.4 Å². The van der Waals surface area contributed by atoms with Crippen molar-refractivity contribution in [1.82, 2.24) is 5.32 Å². The number of hydrogen-bond donors (Lipinski definition) is 2. The van der Waals surface area contributed by atoms with Gasteiger partial charge in [-0.3, -0.25) is 4.79 Å². The van der Waals surface area contributed by atoms with Crippen LogP contribution in [0.25, 0.3) is 0 Å². The van der Waals surface area contributed by atoms with Gasteiger partial charge in [-0.05, 0) is 43.0 Å². The number of carboxylic acids is 1. The van der Waals surface area contributed by atoms with Crippen LogP contribution in [-0.4, -0.2) is 17.6 Å². The first-order chi connectivity index (χ1) is 9.08. The first-order valence-corrected chi connectivity index (χ1v) is 6.45. The van der Waals surface area contributed by atoms with Crippen molar-refractivity contribution in [1.29, 1.82) is 0 Å². The SMILES string of the molecule is O=C(O)C1CCCC1CNCc1ccc(F)c(F)c1. The molecule has 1 aliphatic rings. The largest absolute Gasteiger partial charge is 0.481 e. The first-order valence-electron chi connectivity index (χ1n) is 6.45. The second-order valence-corrected chi connectivity index (χ2v) is 5.02. The average Bonchev–Trinajstić information content (AvgIpc) is 2.82. The Morgan fingerprint density at radius 1 is 1.32 bits per heavy atom. The molecule has 0 aliphatic heterocycles. The Kier molecular flexibility index (Phi) is 4.47. The molecule has 1 saturated carbocycles. The smallest absolute Gasteiger partial charge is 0.306 e. The van der Waals surface area contributed by atoms with Crippen LogP contribution in [0, 0.1) is 23.5 Å². The highest BCUT2D eigenvalue weighted by Gasteiger charge is 2.32. The minimum atomic E-state index is -0.858. The second kappa shape index (κ2) is 6.10. The average molecular weight is 269 g/mol. The zero-order chi connectivity index (χ0) is 13.8. The molecule has 0 aromatic heterocycles. The van der Waals surface area contributed by atoms with E-state index >= 15 is 0 Å². The highest BCUT2D eigenvalue weighted by molar-refractivity contribution is 5.70. The third-order valence-corrected chi connectivity index (χ3v) is 3.70. The molecule has 1 aliphatic carbocycles. The van der Waals surface area contributed by atoms with Crippen LogP contribution < -0.4 is 5.32 Å². The Morgan fingerprint density at radius 3 is 2.79 bits per heavy atom. The summed E-state index contributed by atoms with van der Waals surface area (Å²) in [5.74, 6) is -2.61. The monoisotopic (exact) mass is 269 g/mol. The van der Waals surface area contributed by atoms with E-state index in [0.717, 1.165) is 31.4 Å². The summed E-state index contributed by atoms with van der Waals surface area (Å²) >= 11 is 0. The molecule has 1 aromatic rings. The van der Waals surface area contributed by atoms with Crippen LogP contribution in [0.2, 0.25) is 0 Å². The van der Waals surface area contributed by atoms with Crippen molar-refractivity contribution < 1.29 is 18.7 Å². The Morgan fingerprint density at radius 2 is 2.11 bits per heavy atom. The minimum absolute atomic E-state index is 0.128. The summed E-state index contributed by atoms with van der Waals surface area (Å²) in [7, 11) is 0. The van der Waals surface area contributed by atoms with E-state index in [2.05, 4.69) is 5.32 Å². The number of hydrogen-bond acceptors (Lipinski definition) is 2. The molecular weight excluding hydrogens is 252 g/mol. The predicted molar refractivity (Wildman–Crippen MR) is 66.5 cm³/mol. The molecule has 0 bridgehead atoms.